The number of rotatable bonds is 9. The number of halogens is 6. The second-order valence-electron chi connectivity index (χ2n) is 5.85. The number of hydrogen-bond acceptors (Lipinski definition) is 7. The van der Waals surface area contributed by atoms with Crippen molar-refractivity contribution in [3.8, 4) is 0 Å². The van der Waals surface area contributed by atoms with Crippen LogP contribution >= 0.6 is 0 Å². The lowest BCUT2D eigenvalue weighted by atomic mass is 10.2. The van der Waals surface area contributed by atoms with E-state index >= 15 is 0 Å². The van der Waals surface area contributed by atoms with Crippen molar-refractivity contribution in [2.45, 2.75) is 37.0 Å². The third kappa shape index (κ3) is 8.91. The van der Waals surface area contributed by atoms with Gasteiger partial charge in [0.15, 0.2) is 32.4 Å². The standard InChI is InChI=1S/C12H22NO3Si.C2F6NO4S2/c1-5-7-12-8-6-9-13(10-12)11-17(14-2,15-3)16-4;3-1(4,5)14(10,11)9-15(12,13)2(6,7)8/h6,8-10H,5,7,11H2,1-4H3;/q+1;-1. The van der Waals surface area contributed by atoms with Crippen LogP contribution in [0.25, 0.3) is 4.13 Å². The van der Waals surface area contributed by atoms with Crippen molar-refractivity contribution < 1.29 is 61.0 Å². The van der Waals surface area contributed by atoms with Gasteiger partial charge in [0.25, 0.3) is 0 Å². The van der Waals surface area contributed by atoms with Crippen molar-refractivity contribution in [1.82, 2.24) is 0 Å². The molecule has 18 heteroatoms. The van der Waals surface area contributed by atoms with E-state index in [2.05, 4.69) is 23.8 Å². The van der Waals surface area contributed by atoms with Gasteiger partial charge in [0, 0.05) is 33.0 Å². The Morgan fingerprint density at radius 2 is 1.38 bits per heavy atom. The van der Waals surface area contributed by atoms with E-state index in [0.29, 0.717) is 6.17 Å². The van der Waals surface area contributed by atoms with Crippen LogP contribution in [-0.2, 0) is 45.9 Å². The molecular weight excluding hydrogens is 514 g/mol. The van der Waals surface area contributed by atoms with Gasteiger partial charge in [-0.25, -0.2) is 16.8 Å². The van der Waals surface area contributed by atoms with Crippen LogP contribution in [0.1, 0.15) is 18.9 Å². The van der Waals surface area contributed by atoms with Gasteiger partial charge in [-0.3, -0.25) is 0 Å². The van der Waals surface area contributed by atoms with Crippen LogP contribution < -0.4 is 4.57 Å². The fourth-order valence-electron chi connectivity index (χ4n) is 1.99. The summed E-state index contributed by atoms with van der Waals surface area (Å²) in [5.74, 6) is 0. The van der Waals surface area contributed by atoms with Gasteiger partial charge in [-0.15, -0.1) is 0 Å². The third-order valence-electron chi connectivity index (χ3n) is 3.55. The highest BCUT2D eigenvalue weighted by atomic mass is 32.3. The van der Waals surface area contributed by atoms with E-state index in [1.165, 1.54) is 5.56 Å². The zero-order valence-electron chi connectivity index (χ0n) is 17.3. The Bertz CT molecular complexity index is 885. The maximum absolute atomic E-state index is 11.4. The van der Waals surface area contributed by atoms with Gasteiger partial charge in [0.1, 0.15) is 0 Å². The minimum atomic E-state index is -6.72. The first-order valence-electron chi connectivity index (χ1n) is 8.40. The molecule has 0 saturated heterocycles. The zero-order valence-corrected chi connectivity index (χ0v) is 19.9. The predicted octanol–water partition coefficient (Wildman–Crippen LogP) is 2.40. The molecule has 0 amide bonds. The molecule has 1 aromatic heterocycles. The largest absolute Gasteiger partial charge is 0.569 e. The summed E-state index contributed by atoms with van der Waals surface area (Å²) in [6, 6.07) is 4.18. The lowest BCUT2D eigenvalue weighted by Gasteiger charge is -2.22. The molecule has 32 heavy (non-hydrogen) atoms. The summed E-state index contributed by atoms with van der Waals surface area (Å²) >= 11 is 0. The molecule has 0 spiro atoms. The quantitative estimate of drug-likeness (QED) is 0.271. The molecule has 0 bridgehead atoms. The van der Waals surface area contributed by atoms with Gasteiger partial charge in [0.05, 0.1) is 0 Å². The van der Waals surface area contributed by atoms with Crippen molar-refractivity contribution in [2.24, 2.45) is 0 Å². The summed E-state index contributed by atoms with van der Waals surface area (Å²) in [6.07, 6.45) is 7.00. The number of aromatic nitrogens is 1. The topological polar surface area (TPSA) is 114 Å². The molecule has 0 fully saturated rings. The summed E-state index contributed by atoms with van der Waals surface area (Å²) in [4.78, 5) is 0. The number of hydrogen-bond donors (Lipinski definition) is 0. The predicted molar refractivity (Wildman–Crippen MR) is 101 cm³/mol. The normalized spacial score (nSPS) is 13.4. The summed E-state index contributed by atoms with van der Waals surface area (Å²) in [5.41, 5.74) is -11.1. The summed E-state index contributed by atoms with van der Waals surface area (Å²) < 4.78 is 128. The molecule has 1 aromatic rings. The van der Waals surface area contributed by atoms with Crippen LogP contribution in [0.5, 0.6) is 0 Å². The van der Waals surface area contributed by atoms with Crippen LogP contribution in [0.15, 0.2) is 24.5 Å². The molecule has 0 aromatic carbocycles. The van der Waals surface area contributed by atoms with Gasteiger partial charge >= 0.3 is 19.8 Å². The Balaban J connectivity index is 0.000000607. The number of sulfonamides is 2. The highest BCUT2D eigenvalue weighted by Crippen LogP contribution is 2.36. The zero-order chi connectivity index (χ0) is 25.4. The molecule has 0 radical (unpaired) electrons. The average molecular weight is 537 g/mol. The minimum Gasteiger partial charge on any atom is -0.421 e. The van der Waals surface area contributed by atoms with E-state index in [-0.39, 0.29) is 0 Å². The van der Waals surface area contributed by atoms with Gasteiger partial charge in [-0.05, 0) is 12.5 Å². The van der Waals surface area contributed by atoms with E-state index in [9.17, 15) is 43.2 Å². The Kier molecular flexibility index (Phi) is 11.2. The van der Waals surface area contributed by atoms with Gasteiger partial charge in [-0.1, -0.05) is 13.3 Å². The van der Waals surface area contributed by atoms with E-state index in [1.807, 2.05) is 12.3 Å². The monoisotopic (exact) mass is 536 g/mol. The smallest absolute Gasteiger partial charge is 0.421 e. The number of nitrogens with zero attached hydrogens (tertiary/aromatic N) is 2. The molecule has 0 aliphatic carbocycles. The second-order valence-corrected chi connectivity index (χ2v) is 12.2. The van der Waals surface area contributed by atoms with E-state index in [4.69, 9.17) is 13.3 Å². The summed E-state index contributed by atoms with van der Waals surface area (Å²) in [6.45, 7) is 2.18. The first kappa shape index (κ1) is 30.7. The Labute approximate surface area is 182 Å². The highest BCUT2D eigenvalue weighted by Gasteiger charge is 2.47. The molecule has 1 heterocycles. The minimum absolute atomic E-state index is 0.633. The van der Waals surface area contributed by atoms with Crippen LogP contribution in [0, 0.1) is 0 Å². The van der Waals surface area contributed by atoms with Crippen molar-refractivity contribution in [3.63, 3.8) is 0 Å². The molecule has 0 saturated carbocycles. The van der Waals surface area contributed by atoms with Crippen LogP contribution in [-0.4, -0.2) is 58.0 Å². The average Bonchev–Trinajstić information content (AvgIpc) is 2.65. The van der Waals surface area contributed by atoms with Gasteiger partial charge in [0.2, 0.25) is 6.17 Å². The highest BCUT2D eigenvalue weighted by molar-refractivity contribution is 8.13. The van der Waals surface area contributed by atoms with E-state index in [1.54, 1.807) is 21.3 Å². The van der Waals surface area contributed by atoms with Crippen LogP contribution in [0.2, 0.25) is 0 Å². The van der Waals surface area contributed by atoms with Crippen molar-refractivity contribution >= 4 is 28.9 Å². The first-order chi connectivity index (χ1) is 14.4. The Morgan fingerprint density at radius 3 is 1.72 bits per heavy atom. The molecule has 188 valence electrons. The van der Waals surface area contributed by atoms with E-state index in [0.717, 1.165) is 17.0 Å². The molecule has 0 N–H and O–H groups in total. The van der Waals surface area contributed by atoms with Gasteiger partial charge < -0.3 is 17.4 Å². The van der Waals surface area contributed by atoms with Crippen LogP contribution in [0.3, 0.4) is 0 Å². The molecule has 9 nitrogen and oxygen atoms in total. The van der Waals surface area contributed by atoms with Crippen molar-refractivity contribution in [2.75, 3.05) is 21.3 Å². The lowest BCUT2D eigenvalue weighted by molar-refractivity contribution is -0.685. The van der Waals surface area contributed by atoms with Crippen LogP contribution in [0.4, 0.5) is 26.3 Å². The number of aryl methyl sites for hydroxylation is 1. The molecule has 0 unspecified atom stereocenters. The molecule has 0 atom stereocenters. The lowest BCUT2D eigenvalue weighted by Crippen LogP contribution is -2.56. The van der Waals surface area contributed by atoms with Crippen molar-refractivity contribution in [3.05, 3.63) is 34.2 Å². The Hall–Kier alpha value is -1.31. The van der Waals surface area contributed by atoms with Gasteiger partial charge in [-0.2, -0.15) is 30.9 Å². The molecule has 1 rings (SSSR count). The maximum atomic E-state index is 11.4. The van der Waals surface area contributed by atoms with E-state index < -0.39 is 39.9 Å². The van der Waals surface area contributed by atoms with Crippen molar-refractivity contribution in [1.29, 1.82) is 0 Å². The third-order valence-corrected chi connectivity index (χ3v) is 8.91. The summed E-state index contributed by atoms with van der Waals surface area (Å²) in [5, 5.41) is 0. The summed E-state index contributed by atoms with van der Waals surface area (Å²) in [7, 11) is -11.1. The first-order valence-corrected chi connectivity index (χ1v) is 13.2. The fraction of sp³-hybridized carbons (Fsp3) is 0.643. The second kappa shape index (κ2) is 11.7. The molecular formula is C14H22F6N2O7S2Si. The molecule has 0 aliphatic rings. The number of alkyl halides is 6. The maximum Gasteiger partial charge on any atom is 0.569 e. The Morgan fingerprint density at radius 1 is 0.938 bits per heavy atom. The number of pyridine rings is 1. The SMILES string of the molecule is CCCc1ccc[n+](C[Si](OC)(OC)OC)c1.O=S(=O)([N-]S(=O)(=O)C(F)(F)F)C(F)(F)F. The fourth-order valence-corrected chi connectivity index (χ4v) is 5.23. The molecule has 0 aliphatic heterocycles.